The summed E-state index contributed by atoms with van der Waals surface area (Å²) in [7, 11) is 0. The molecule has 0 bridgehead atoms. The summed E-state index contributed by atoms with van der Waals surface area (Å²) >= 11 is 12.1. The van der Waals surface area contributed by atoms with Crippen LogP contribution in [0.25, 0.3) is 16.9 Å². The fourth-order valence-electron chi connectivity index (χ4n) is 3.59. The summed E-state index contributed by atoms with van der Waals surface area (Å²) in [6.07, 6.45) is 1.82. The molecular formula is C29H21Cl2N3O. The van der Waals surface area contributed by atoms with Gasteiger partial charge in [-0.3, -0.25) is 0 Å². The highest BCUT2D eigenvalue weighted by atomic mass is 35.5. The van der Waals surface area contributed by atoms with Crippen molar-refractivity contribution in [3.05, 3.63) is 130 Å². The second-order valence-corrected chi connectivity index (χ2v) is 8.68. The van der Waals surface area contributed by atoms with E-state index in [1.165, 1.54) is 0 Å². The maximum atomic E-state index is 6.11. The number of aliphatic imine (C=N–C) groups is 1. The van der Waals surface area contributed by atoms with E-state index >= 15 is 0 Å². The summed E-state index contributed by atoms with van der Waals surface area (Å²) in [5, 5.41) is 5.85. The van der Waals surface area contributed by atoms with Crippen LogP contribution >= 0.6 is 23.2 Å². The normalized spacial score (nSPS) is 11.1. The molecule has 4 aromatic carbocycles. The van der Waals surface area contributed by atoms with E-state index in [0.717, 1.165) is 39.6 Å². The number of hydrogen-bond donors (Lipinski definition) is 0. The van der Waals surface area contributed by atoms with Gasteiger partial charge in [0, 0.05) is 17.8 Å². The molecule has 0 radical (unpaired) electrons. The predicted molar refractivity (Wildman–Crippen MR) is 143 cm³/mol. The highest BCUT2D eigenvalue weighted by molar-refractivity contribution is 6.42. The van der Waals surface area contributed by atoms with Gasteiger partial charge in [-0.15, -0.1) is 0 Å². The Balaban J connectivity index is 1.39. The van der Waals surface area contributed by atoms with E-state index in [1.54, 1.807) is 6.07 Å². The molecule has 5 rings (SSSR count). The summed E-state index contributed by atoms with van der Waals surface area (Å²) in [4.78, 5) is 4.77. The van der Waals surface area contributed by atoms with E-state index < -0.39 is 0 Å². The zero-order valence-electron chi connectivity index (χ0n) is 18.7. The van der Waals surface area contributed by atoms with Crippen LogP contribution in [0.1, 0.15) is 11.1 Å². The largest absolute Gasteiger partial charge is 0.489 e. The molecule has 1 heterocycles. The lowest BCUT2D eigenvalue weighted by Gasteiger charge is -2.08. The lowest BCUT2D eigenvalue weighted by atomic mass is 10.2. The van der Waals surface area contributed by atoms with Gasteiger partial charge in [0.2, 0.25) is 0 Å². The van der Waals surface area contributed by atoms with Crippen LogP contribution in [0.3, 0.4) is 0 Å². The minimum Gasteiger partial charge on any atom is -0.489 e. The average Bonchev–Trinajstić information content (AvgIpc) is 3.34. The molecule has 35 heavy (non-hydrogen) atoms. The van der Waals surface area contributed by atoms with Gasteiger partial charge in [0.25, 0.3) is 0 Å². The summed E-state index contributed by atoms with van der Waals surface area (Å²) in [6.45, 7) is 0.388. The van der Waals surface area contributed by atoms with Crippen LogP contribution in [0.5, 0.6) is 5.75 Å². The van der Waals surface area contributed by atoms with Crippen molar-refractivity contribution in [2.75, 3.05) is 0 Å². The Kier molecular flexibility index (Phi) is 6.94. The maximum Gasteiger partial charge on any atom is 0.156 e. The molecule has 0 amide bonds. The number of hydrogen-bond acceptors (Lipinski definition) is 3. The highest BCUT2D eigenvalue weighted by Crippen LogP contribution is 2.27. The van der Waals surface area contributed by atoms with Gasteiger partial charge in [-0.05, 0) is 47.5 Å². The molecule has 0 N–H and O–H groups in total. The Morgan fingerprint density at radius 1 is 0.771 bits per heavy atom. The van der Waals surface area contributed by atoms with Crippen molar-refractivity contribution in [1.82, 2.24) is 9.78 Å². The summed E-state index contributed by atoms with van der Waals surface area (Å²) in [6, 6.07) is 35.3. The first-order valence-electron chi connectivity index (χ1n) is 11.1. The molecular weight excluding hydrogens is 477 g/mol. The topological polar surface area (TPSA) is 39.4 Å². The van der Waals surface area contributed by atoms with Crippen LogP contribution in [0.4, 0.5) is 5.82 Å². The lowest BCUT2D eigenvalue weighted by molar-refractivity contribution is 0.306. The molecule has 0 aliphatic rings. The summed E-state index contributed by atoms with van der Waals surface area (Å²) in [5.41, 5.74) is 4.70. The van der Waals surface area contributed by atoms with Crippen LogP contribution in [0.15, 0.2) is 114 Å². The van der Waals surface area contributed by atoms with Crippen molar-refractivity contribution >= 4 is 35.2 Å². The molecule has 1 aromatic heterocycles. The molecule has 0 unspecified atom stereocenters. The standard InChI is InChI=1S/C29H21Cl2N3O/c30-26-15-14-22(17-27(26)31)20-35-25-13-7-8-21(16-25)19-32-29-18-28(23-9-3-1-4-10-23)33-34(29)24-11-5-2-6-12-24/h1-19H,20H2. The Morgan fingerprint density at radius 3 is 2.31 bits per heavy atom. The zero-order chi connectivity index (χ0) is 24.0. The van der Waals surface area contributed by atoms with Gasteiger partial charge in [-0.1, -0.05) is 89.9 Å². The number of ether oxygens (including phenoxy) is 1. The molecule has 5 aromatic rings. The number of nitrogens with zero attached hydrogens (tertiary/aromatic N) is 3. The smallest absolute Gasteiger partial charge is 0.156 e. The van der Waals surface area contributed by atoms with Gasteiger partial charge in [0.05, 0.1) is 21.4 Å². The van der Waals surface area contributed by atoms with Crippen molar-refractivity contribution in [3.8, 4) is 22.7 Å². The third-order valence-corrected chi connectivity index (χ3v) is 6.09. The number of para-hydroxylation sites is 1. The quantitative estimate of drug-likeness (QED) is 0.212. The van der Waals surface area contributed by atoms with E-state index in [2.05, 4.69) is 0 Å². The third-order valence-electron chi connectivity index (χ3n) is 5.35. The van der Waals surface area contributed by atoms with Crippen molar-refractivity contribution in [1.29, 1.82) is 0 Å². The predicted octanol–water partition coefficient (Wildman–Crippen LogP) is 8.18. The van der Waals surface area contributed by atoms with Crippen molar-refractivity contribution in [3.63, 3.8) is 0 Å². The minimum absolute atomic E-state index is 0.388. The van der Waals surface area contributed by atoms with Crippen LogP contribution < -0.4 is 4.74 Å². The minimum atomic E-state index is 0.388. The first-order chi connectivity index (χ1) is 17.2. The van der Waals surface area contributed by atoms with Gasteiger partial charge in [0.15, 0.2) is 5.82 Å². The second kappa shape index (κ2) is 10.6. The molecule has 0 aliphatic carbocycles. The van der Waals surface area contributed by atoms with Gasteiger partial charge in [0.1, 0.15) is 12.4 Å². The lowest BCUT2D eigenvalue weighted by Crippen LogP contribution is -1.97. The van der Waals surface area contributed by atoms with Gasteiger partial charge in [-0.2, -0.15) is 5.10 Å². The Bertz CT molecular complexity index is 1460. The highest BCUT2D eigenvalue weighted by Gasteiger charge is 2.10. The van der Waals surface area contributed by atoms with Crippen LogP contribution in [-0.2, 0) is 6.61 Å². The molecule has 0 saturated heterocycles. The van der Waals surface area contributed by atoms with E-state index in [0.29, 0.717) is 16.7 Å². The van der Waals surface area contributed by atoms with E-state index in [9.17, 15) is 0 Å². The number of halogens is 2. The fourth-order valence-corrected chi connectivity index (χ4v) is 3.91. The Hall–Kier alpha value is -3.86. The fraction of sp³-hybridized carbons (Fsp3) is 0.0345. The first kappa shape index (κ1) is 22.9. The molecule has 4 nitrogen and oxygen atoms in total. The van der Waals surface area contributed by atoms with Gasteiger partial charge in [-0.25, -0.2) is 9.67 Å². The summed E-state index contributed by atoms with van der Waals surface area (Å²) < 4.78 is 7.80. The number of rotatable bonds is 7. The molecule has 0 atom stereocenters. The van der Waals surface area contributed by atoms with Crippen LogP contribution in [-0.4, -0.2) is 16.0 Å². The first-order valence-corrected chi connectivity index (χ1v) is 11.8. The van der Waals surface area contributed by atoms with Crippen LogP contribution in [0, 0.1) is 0 Å². The monoisotopic (exact) mass is 497 g/mol. The second-order valence-electron chi connectivity index (χ2n) is 7.87. The maximum absolute atomic E-state index is 6.11. The number of benzene rings is 4. The van der Waals surface area contributed by atoms with E-state index in [4.69, 9.17) is 38.0 Å². The molecule has 0 fully saturated rings. The molecule has 0 aliphatic heterocycles. The van der Waals surface area contributed by atoms with E-state index in [1.807, 2.05) is 114 Å². The van der Waals surface area contributed by atoms with Crippen molar-refractivity contribution in [2.24, 2.45) is 4.99 Å². The van der Waals surface area contributed by atoms with Crippen molar-refractivity contribution in [2.45, 2.75) is 6.61 Å². The summed E-state index contributed by atoms with van der Waals surface area (Å²) in [5.74, 6) is 1.47. The molecule has 172 valence electrons. The number of aromatic nitrogens is 2. The molecule has 0 spiro atoms. The van der Waals surface area contributed by atoms with Gasteiger partial charge < -0.3 is 4.74 Å². The van der Waals surface area contributed by atoms with E-state index in [-0.39, 0.29) is 0 Å². The average molecular weight is 498 g/mol. The van der Waals surface area contributed by atoms with Crippen molar-refractivity contribution < 1.29 is 4.74 Å². The van der Waals surface area contributed by atoms with Crippen LogP contribution in [0.2, 0.25) is 10.0 Å². The van der Waals surface area contributed by atoms with Gasteiger partial charge >= 0.3 is 0 Å². The third kappa shape index (κ3) is 5.62. The Morgan fingerprint density at radius 2 is 1.54 bits per heavy atom. The molecule has 6 heteroatoms. The molecule has 0 saturated carbocycles. The SMILES string of the molecule is Clc1ccc(COc2cccc(C=Nc3cc(-c4ccccc4)nn3-c3ccccc3)c2)cc1Cl. The Labute approximate surface area is 214 Å². The zero-order valence-corrected chi connectivity index (χ0v) is 20.2.